The maximum Gasteiger partial charge on any atom is 0.161 e. The van der Waals surface area contributed by atoms with Gasteiger partial charge >= 0.3 is 0 Å². The van der Waals surface area contributed by atoms with Crippen LogP contribution < -0.4 is 0 Å². The molecule has 0 bridgehead atoms. The molecule has 0 nitrogen and oxygen atoms in total. The van der Waals surface area contributed by atoms with Gasteiger partial charge in [-0.25, -0.2) is 0 Å². The quantitative estimate of drug-likeness (QED) is 0.240. The molecule has 0 unspecified atom stereocenters. The van der Waals surface area contributed by atoms with Gasteiger partial charge in [0.25, 0.3) is 0 Å². The molecule has 0 fully saturated rings. The van der Waals surface area contributed by atoms with Crippen LogP contribution in [0.1, 0.15) is 47.0 Å². The van der Waals surface area contributed by atoms with E-state index in [-0.39, 0.29) is 0 Å². The van der Waals surface area contributed by atoms with Crippen molar-refractivity contribution in [3.8, 4) is 0 Å². The van der Waals surface area contributed by atoms with Gasteiger partial charge in [-0.2, -0.15) is 11.1 Å². The lowest BCUT2D eigenvalue weighted by Crippen LogP contribution is -2.34. The summed E-state index contributed by atoms with van der Waals surface area (Å²) in [5.74, 6) is 0. The highest BCUT2D eigenvalue weighted by Gasteiger charge is 2.37. The normalized spacial score (nSPS) is 12.5. The Hall–Kier alpha value is 0.247. The van der Waals surface area contributed by atoms with Crippen LogP contribution in [0.3, 0.4) is 0 Å². The molecule has 0 N–H and O–H groups in total. The molecule has 0 aromatic carbocycles. The van der Waals surface area contributed by atoms with Crippen LogP contribution in [0.15, 0.2) is 12.7 Å². The number of halogens is 1. The minimum absolute atomic E-state index is 0.688. The molecule has 0 aliphatic heterocycles. The Bertz CT molecular complexity index is 156. The van der Waals surface area contributed by atoms with Gasteiger partial charge in [0.05, 0.1) is 0 Å². The molecule has 0 rings (SSSR count). The van der Waals surface area contributed by atoms with Crippen molar-refractivity contribution in [2.75, 3.05) is 0 Å². The van der Waals surface area contributed by atoms with E-state index in [0.29, 0.717) is 11.1 Å². The van der Waals surface area contributed by atoms with E-state index in [1.165, 1.54) is 18.9 Å². The Kier molecular flexibility index (Phi) is 6.80. The minimum atomic E-state index is -1.52. The summed E-state index contributed by atoms with van der Waals surface area (Å²) in [7, 11) is -1.52. The smallest absolute Gasteiger partial charge is 0.161 e. The van der Waals surface area contributed by atoms with Gasteiger partial charge in [-0.3, -0.25) is 0 Å². The van der Waals surface area contributed by atoms with E-state index in [1.807, 2.05) is 6.08 Å². The van der Waals surface area contributed by atoms with Crippen molar-refractivity contribution in [2.24, 2.45) is 0 Å². The molecule has 84 valence electrons. The fourth-order valence-corrected chi connectivity index (χ4v) is 5.61. The van der Waals surface area contributed by atoms with Crippen molar-refractivity contribution in [3.63, 3.8) is 0 Å². The third-order valence-electron chi connectivity index (χ3n) is 3.14. The average Bonchev–Trinajstić information content (AvgIpc) is 2.11. The van der Waals surface area contributed by atoms with Crippen LogP contribution in [-0.2, 0) is 0 Å². The minimum Gasteiger partial charge on any atom is -0.166 e. The van der Waals surface area contributed by atoms with Crippen LogP contribution in [0.5, 0.6) is 0 Å². The van der Waals surface area contributed by atoms with Crippen molar-refractivity contribution in [2.45, 2.75) is 64.1 Å². The van der Waals surface area contributed by atoms with Gasteiger partial charge in [0.15, 0.2) is 7.38 Å². The number of rotatable bonds is 7. The second-order valence-corrected chi connectivity index (χ2v) is 11.5. The van der Waals surface area contributed by atoms with E-state index < -0.39 is 7.38 Å². The summed E-state index contributed by atoms with van der Waals surface area (Å²) < 4.78 is 0. The van der Waals surface area contributed by atoms with Crippen LogP contribution in [0.25, 0.3) is 0 Å². The summed E-state index contributed by atoms with van der Waals surface area (Å²) in [5, 5.41) is 0. The van der Waals surface area contributed by atoms with Crippen molar-refractivity contribution < 1.29 is 0 Å². The predicted octanol–water partition coefficient (Wildman–Crippen LogP) is 5.35. The molecule has 0 atom stereocenters. The first kappa shape index (κ1) is 14.2. The molecule has 0 amide bonds. The lowest BCUT2D eigenvalue weighted by molar-refractivity contribution is 0.781. The fourth-order valence-electron chi connectivity index (χ4n) is 1.93. The Labute approximate surface area is 95.5 Å². The molecule has 14 heavy (non-hydrogen) atoms. The van der Waals surface area contributed by atoms with Gasteiger partial charge in [-0.05, 0) is 23.5 Å². The standard InChI is InChI=1S/C12H25ClSi/c1-6-7-8-9-10-14(13,11(2)3)12(4)5/h6,11-12H,1,7-10H2,2-5H3. The monoisotopic (exact) mass is 232 g/mol. The molecule has 0 saturated heterocycles. The van der Waals surface area contributed by atoms with Gasteiger partial charge in [0.1, 0.15) is 0 Å². The molecular formula is C12H25ClSi. The third-order valence-corrected chi connectivity index (χ3v) is 11.3. The molecule has 0 saturated carbocycles. The maximum absolute atomic E-state index is 6.80. The fraction of sp³-hybridized carbons (Fsp3) is 0.833. The van der Waals surface area contributed by atoms with Crippen LogP contribution in [-0.4, -0.2) is 7.38 Å². The van der Waals surface area contributed by atoms with Crippen LogP contribution in [0.4, 0.5) is 0 Å². The van der Waals surface area contributed by atoms with E-state index >= 15 is 0 Å². The Balaban J connectivity index is 4.04. The summed E-state index contributed by atoms with van der Waals surface area (Å²) in [4.78, 5) is 0. The highest BCUT2D eigenvalue weighted by molar-refractivity contribution is 7.21. The Morgan fingerprint density at radius 1 is 1.14 bits per heavy atom. The first-order valence-electron chi connectivity index (χ1n) is 5.75. The summed E-state index contributed by atoms with van der Waals surface area (Å²) in [6.45, 7) is 12.9. The SMILES string of the molecule is C=CCCCC[Si](Cl)(C(C)C)C(C)C. The van der Waals surface area contributed by atoms with E-state index in [0.717, 1.165) is 6.42 Å². The lowest BCUT2D eigenvalue weighted by Gasteiger charge is -2.32. The number of allylic oxidation sites excluding steroid dienone is 1. The molecule has 0 spiro atoms. The summed E-state index contributed by atoms with van der Waals surface area (Å²) >= 11 is 6.80. The predicted molar refractivity (Wildman–Crippen MR) is 70.7 cm³/mol. The van der Waals surface area contributed by atoms with Crippen molar-refractivity contribution in [1.82, 2.24) is 0 Å². The van der Waals surface area contributed by atoms with E-state index in [4.69, 9.17) is 11.1 Å². The van der Waals surface area contributed by atoms with E-state index in [2.05, 4.69) is 34.3 Å². The zero-order chi connectivity index (χ0) is 11.2. The van der Waals surface area contributed by atoms with Crippen LogP contribution >= 0.6 is 11.1 Å². The molecule has 0 aromatic heterocycles. The van der Waals surface area contributed by atoms with Crippen LogP contribution in [0, 0.1) is 0 Å². The Morgan fingerprint density at radius 2 is 1.64 bits per heavy atom. The molecule has 0 aliphatic carbocycles. The van der Waals surface area contributed by atoms with Gasteiger partial charge < -0.3 is 0 Å². The van der Waals surface area contributed by atoms with Crippen molar-refractivity contribution in [3.05, 3.63) is 12.7 Å². The van der Waals surface area contributed by atoms with E-state index in [9.17, 15) is 0 Å². The van der Waals surface area contributed by atoms with Gasteiger partial charge in [0.2, 0.25) is 0 Å². The van der Waals surface area contributed by atoms with Gasteiger partial charge in [-0.15, -0.1) is 6.58 Å². The third kappa shape index (κ3) is 4.18. The molecular weight excluding hydrogens is 208 g/mol. The summed E-state index contributed by atoms with van der Waals surface area (Å²) in [6.07, 6.45) is 5.67. The van der Waals surface area contributed by atoms with Crippen molar-refractivity contribution in [1.29, 1.82) is 0 Å². The first-order valence-corrected chi connectivity index (χ1v) is 9.12. The zero-order valence-corrected chi connectivity index (χ0v) is 11.9. The second kappa shape index (κ2) is 6.68. The highest BCUT2D eigenvalue weighted by atomic mass is 35.6. The molecule has 2 heteroatoms. The number of hydrogen-bond acceptors (Lipinski definition) is 0. The number of hydrogen-bond donors (Lipinski definition) is 0. The number of unbranched alkanes of at least 4 members (excludes halogenated alkanes) is 2. The molecule has 0 aliphatic rings. The molecule has 0 heterocycles. The van der Waals surface area contributed by atoms with Gasteiger partial charge in [0, 0.05) is 0 Å². The topological polar surface area (TPSA) is 0 Å². The summed E-state index contributed by atoms with van der Waals surface area (Å²) in [6, 6.07) is 1.26. The van der Waals surface area contributed by atoms with Gasteiger partial charge in [-0.1, -0.05) is 46.6 Å². The first-order chi connectivity index (χ1) is 6.45. The second-order valence-electron chi connectivity index (χ2n) is 4.77. The highest BCUT2D eigenvalue weighted by Crippen LogP contribution is 2.40. The Morgan fingerprint density at radius 3 is 2.00 bits per heavy atom. The zero-order valence-electron chi connectivity index (χ0n) is 10.1. The van der Waals surface area contributed by atoms with E-state index in [1.54, 1.807) is 0 Å². The average molecular weight is 233 g/mol. The van der Waals surface area contributed by atoms with Crippen LogP contribution in [0.2, 0.25) is 17.1 Å². The maximum atomic E-state index is 6.80. The summed E-state index contributed by atoms with van der Waals surface area (Å²) in [5.41, 5.74) is 1.38. The molecule has 0 radical (unpaired) electrons. The largest absolute Gasteiger partial charge is 0.166 e. The lowest BCUT2D eigenvalue weighted by atomic mass is 10.2. The van der Waals surface area contributed by atoms with Crippen molar-refractivity contribution >= 4 is 18.5 Å². The molecule has 0 aromatic rings.